The van der Waals surface area contributed by atoms with Crippen molar-refractivity contribution in [2.75, 3.05) is 40.6 Å². The van der Waals surface area contributed by atoms with Crippen LogP contribution in [0.3, 0.4) is 0 Å². The van der Waals surface area contributed by atoms with E-state index in [0.29, 0.717) is 6.79 Å². The molecule has 168 valence electrons. The molecule has 3 aromatic carbocycles. The largest absolute Gasteiger partial charge is 0.493 e. The lowest BCUT2D eigenvalue weighted by Crippen LogP contribution is -2.30. The molecule has 0 N–H and O–H groups in total. The molecule has 0 atom stereocenters. The number of rotatable bonds is 11. The van der Waals surface area contributed by atoms with E-state index < -0.39 is 0 Å². The van der Waals surface area contributed by atoms with Crippen LogP contribution in [0.5, 0.6) is 23.0 Å². The highest BCUT2D eigenvalue weighted by molar-refractivity contribution is 5.44. The second-order valence-electron chi connectivity index (χ2n) is 7.95. The lowest BCUT2D eigenvalue weighted by molar-refractivity contribution is 0.174. The zero-order valence-electron chi connectivity index (χ0n) is 18.9. The first kappa shape index (κ1) is 22.0. The monoisotopic (exact) mass is 433 g/mol. The van der Waals surface area contributed by atoms with Crippen LogP contribution in [-0.4, -0.2) is 45.5 Å². The average Bonchev–Trinajstić information content (AvgIpc) is 3.32. The SMILES string of the molecule is COc1ccc(CCN(CCc2ccccc2)CCc2ccc3c(c2)OCO3)cc1OC. The predicted molar refractivity (Wildman–Crippen MR) is 126 cm³/mol. The Kier molecular flexibility index (Phi) is 7.51. The number of benzene rings is 3. The summed E-state index contributed by atoms with van der Waals surface area (Å²) >= 11 is 0. The highest BCUT2D eigenvalue weighted by Crippen LogP contribution is 2.32. The first-order valence-electron chi connectivity index (χ1n) is 11.1. The highest BCUT2D eigenvalue weighted by atomic mass is 16.7. The topological polar surface area (TPSA) is 40.2 Å². The Morgan fingerprint density at radius 3 is 2.00 bits per heavy atom. The minimum Gasteiger partial charge on any atom is -0.493 e. The van der Waals surface area contributed by atoms with Crippen LogP contribution < -0.4 is 18.9 Å². The molecule has 0 amide bonds. The zero-order chi connectivity index (χ0) is 22.2. The van der Waals surface area contributed by atoms with Gasteiger partial charge in [-0.25, -0.2) is 0 Å². The standard InChI is InChI=1S/C27H31NO4/c1-29-24-10-8-22(18-26(24)30-2)13-16-28(15-12-21-6-4-3-5-7-21)17-14-23-9-11-25-27(19-23)32-20-31-25/h3-11,18-19H,12-17,20H2,1-2H3. The highest BCUT2D eigenvalue weighted by Gasteiger charge is 2.14. The van der Waals surface area contributed by atoms with Crippen LogP contribution in [-0.2, 0) is 19.3 Å². The van der Waals surface area contributed by atoms with Crippen LogP contribution in [0, 0.1) is 0 Å². The Morgan fingerprint density at radius 1 is 0.656 bits per heavy atom. The predicted octanol–water partition coefficient (Wildman–Crippen LogP) is 4.76. The van der Waals surface area contributed by atoms with Crippen LogP contribution in [0.2, 0.25) is 0 Å². The van der Waals surface area contributed by atoms with Crippen molar-refractivity contribution < 1.29 is 18.9 Å². The summed E-state index contributed by atoms with van der Waals surface area (Å²) in [4.78, 5) is 2.54. The van der Waals surface area contributed by atoms with Gasteiger partial charge in [0.2, 0.25) is 6.79 Å². The molecule has 5 nitrogen and oxygen atoms in total. The molecule has 1 aliphatic heterocycles. The zero-order valence-corrected chi connectivity index (χ0v) is 18.9. The van der Waals surface area contributed by atoms with Crippen molar-refractivity contribution in [3.8, 4) is 23.0 Å². The van der Waals surface area contributed by atoms with Gasteiger partial charge in [0.15, 0.2) is 23.0 Å². The molecular formula is C27H31NO4. The van der Waals surface area contributed by atoms with Gasteiger partial charge in [-0.1, -0.05) is 42.5 Å². The van der Waals surface area contributed by atoms with Gasteiger partial charge in [0, 0.05) is 19.6 Å². The number of nitrogens with zero attached hydrogens (tertiary/aromatic N) is 1. The van der Waals surface area contributed by atoms with Crippen molar-refractivity contribution in [1.82, 2.24) is 4.90 Å². The van der Waals surface area contributed by atoms with Crippen molar-refractivity contribution in [2.24, 2.45) is 0 Å². The van der Waals surface area contributed by atoms with E-state index in [1.807, 2.05) is 12.1 Å². The van der Waals surface area contributed by atoms with Crippen molar-refractivity contribution in [3.05, 3.63) is 83.4 Å². The maximum absolute atomic E-state index is 5.54. The van der Waals surface area contributed by atoms with E-state index in [0.717, 1.165) is 61.9 Å². The van der Waals surface area contributed by atoms with Gasteiger partial charge in [-0.2, -0.15) is 0 Å². The Morgan fingerprint density at radius 2 is 1.28 bits per heavy atom. The first-order valence-corrected chi connectivity index (χ1v) is 11.1. The van der Waals surface area contributed by atoms with Crippen LogP contribution in [0.1, 0.15) is 16.7 Å². The molecule has 0 bridgehead atoms. The second-order valence-corrected chi connectivity index (χ2v) is 7.95. The van der Waals surface area contributed by atoms with Crippen LogP contribution in [0.25, 0.3) is 0 Å². The molecule has 0 aliphatic carbocycles. The summed E-state index contributed by atoms with van der Waals surface area (Å²) in [6, 6.07) is 23.1. The Labute approximate surface area is 190 Å². The lowest BCUT2D eigenvalue weighted by Gasteiger charge is -2.23. The van der Waals surface area contributed by atoms with E-state index in [4.69, 9.17) is 18.9 Å². The van der Waals surface area contributed by atoms with E-state index in [-0.39, 0.29) is 0 Å². The van der Waals surface area contributed by atoms with Crippen molar-refractivity contribution in [3.63, 3.8) is 0 Å². The number of hydrogen-bond acceptors (Lipinski definition) is 5. The summed E-state index contributed by atoms with van der Waals surface area (Å²) < 4.78 is 21.8. The smallest absolute Gasteiger partial charge is 0.231 e. The van der Waals surface area contributed by atoms with E-state index >= 15 is 0 Å². The molecule has 1 aliphatic rings. The summed E-state index contributed by atoms with van der Waals surface area (Å²) in [6.45, 7) is 3.29. The van der Waals surface area contributed by atoms with Gasteiger partial charge in [0.1, 0.15) is 0 Å². The molecule has 0 spiro atoms. The van der Waals surface area contributed by atoms with Gasteiger partial charge in [-0.3, -0.25) is 0 Å². The maximum atomic E-state index is 5.54. The number of ether oxygens (including phenoxy) is 4. The summed E-state index contributed by atoms with van der Waals surface area (Å²) in [5.41, 5.74) is 3.88. The summed E-state index contributed by atoms with van der Waals surface area (Å²) in [7, 11) is 3.35. The maximum Gasteiger partial charge on any atom is 0.231 e. The van der Waals surface area contributed by atoms with Gasteiger partial charge in [0.05, 0.1) is 14.2 Å². The third-order valence-electron chi connectivity index (χ3n) is 5.88. The molecule has 32 heavy (non-hydrogen) atoms. The van der Waals surface area contributed by atoms with Gasteiger partial charge in [0.25, 0.3) is 0 Å². The molecule has 0 saturated heterocycles. The van der Waals surface area contributed by atoms with Gasteiger partial charge in [-0.15, -0.1) is 0 Å². The summed E-state index contributed by atoms with van der Waals surface area (Å²) in [6.07, 6.45) is 2.96. The fourth-order valence-electron chi connectivity index (χ4n) is 3.97. The average molecular weight is 434 g/mol. The summed E-state index contributed by atoms with van der Waals surface area (Å²) in [5, 5.41) is 0. The molecule has 5 heteroatoms. The molecule has 0 saturated carbocycles. The third kappa shape index (κ3) is 5.74. The second kappa shape index (κ2) is 10.9. The molecule has 0 unspecified atom stereocenters. The molecule has 1 heterocycles. The van der Waals surface area contributed by atoms with E-state index in [9.17, 15) is 0 Å². The minimum absolute atomic E-state index is 0.313. The van der Waals surface area contributed by atoms with Gasteiger partial charge in [-0.05, 0) is 60.2 Å². The van der Waals surface area contributed by atoms with Gasteiger partial charge < -0.3 is 23.8 Å². The third-order valence-corrected chi connectivity index (χ3v) is 5.88. The molecule has 0 aromatic heterocycles. The number of methoxy groups -OCH3 is 2. The van der Waals surface area contributed by atoms with Crippen LogP contribution >= 0.6 is 0 Å². The van der Waals surface area contributed by atoms with E-state index in [1.165, 1.54) is 16.7 Å². The molecule has 0 radical (unpaired) electrons. The Balaban J connectivity index is 1.39. The van der Waals surface area contributed by atoms with E-state index in [1.54, 1.807) is 14.2 Å². The molecular weight excluding hydrogens is 402 g/mol. The Hall–Kier alpha value is -3.18. The fraction of sp³-hybridized carbons (Fsp3) is 0.333. The van der Waals surface area contributed by atoms with E-state index in [2.05, 4.69) is 59.5 Å². The fourth-order valence-corrected chi connectivity index (χ4v) is 3.97. The first-order chi connectivity index (χ1) is 15.7. The van der Waals surface area contributed by atoms with Crippen molar-refractivity contribution in [1.29, 1.82) is 0 Å². The molecule has 4 rings (SSSR count). The van der Waals surface area contributed by atoms with Crippen molar-refractivity contribution in [2.45, 2.75) is 19.3 Å². The van der Waals surface area contributed by atoms with Crippen LogP contribution in [0.4, 0.5) is 0 Å². The lowest BCUT2D eigenvalue weighted by atomic mass is 10.1. The Bertz CT molecular complexity index is 1010. The number of hydrogen-bond donors (Lipinski definition) is 0. The van der Waals surface area contributed by atoms with Crippen LogP contribution in [0.15, 0.2) is 66.7 Å². The van der Waals surface area contributed by atoms with Gasteiger partial charge >= 0.3 is 0 Å². The number of fused-ring (bicyclic) bond motifs is 1. The van der Waals surface area contributed by atoms with Crippen molar-refractivity contribution >= 4 is 0 Å². The molecule has 0 fully saturated rings. The normalized spacial score (nSPS) is 12.2. The minimum atomic E-state index is 0.313. The quantitative estimate of drug-likeness (QED) is 0.436. The summed E-state index contributed by atoms with van der Waals surface area (Å²) in [5.74, 6) is 3.23. The molecule has 3 aromatic rings.